The minimum absolute atomic E-state index is 0.450. The van der Waals surface area contributed by atoms with Crippen LogP contribution in [0.2, 0.25) is 0 Å². The fourth-order valence-electron chi connectivity index (χ4n) is 2.61. The summed E-state index contributed by atoms with van der Waals surface area (Å²) < 4.78 is 16.5. The molecule has 0 amide bonds. The van der Waals surface area contributed by atoms with Gasteiger partial charge in [0.1, 0.15) is 42.9 Å². The smallest absolute Gasteiger partial charge is 0.436 e. The summed E-state index contributed by atoms with van der Waals surface area (Å²) in [6.07, 6.45) is -9.71. The van der Waals surface area contributed by atoms with Gasteiger partial charge in [0.25, 0.3) is 0 Å². The molecule has 1 aliphatic rings. The van der Waals surface area contributed by atoms with Crippen LogP contribution in [0, 0.1) is 10.1 Å². The van der Waals surface area contributed by atoms with Crippen LogP contribution in [0.1, 0.15) is 0 Å². The molecule has 1 aromatic rings. The summed E-state index contributed by atoms with van der Waals surface area (Å²) in [6, 6.07) is 0. The molecule has 1 fully saturated rings. The van der Waals surface area contributed by atoms with E-state index in [2.05, 4.69) is 4.98 Å². The molecular formula is C14H21N3O12. The van der Waals surface area contributed by atoms with Gasteiger partial charge in [0.05, 0.1) is 13.2 Å². The zero-order valence-electron chi connectivity index (χ0n) is 14.8. The van der Waals surface area contributed by atoms with E-state index >= 15 is 0 Å². The maximum Gasteiger partial charge on any atom is 0.436 e. The van der Waals surface area contributed by atoms with Gasteiger partial charge in [0.15, 0.2) is 19.1 Å². The topological polar surface area (TPSA) is 227 Å². The Morgan fingerprint density at radius 2 is 1.90 bits per heavy atom. The Kier molecular flexibility index (Phi) is 7.94. The SMILES string of the molecule is O=C(O)[C@H]1O[C@@H](O[C@H](CO)[C@H](CO)OCn2ccnc2[N+](=O)[O-])[C@H](O)[C@@H](O)[C@@H]1O. The molecule has 7 atom stereocenters. The van der Waals surface area contributed by atoms with E-state index in [-0.39, 0.29) is 0 Å². The molecule has 0 unspecified atom stereocenters. The number of aliphatic hydroxyl groups is 5. The van der Waals surface area contributed by atoms with Crippen LogP contribution in [0.15, 0.2) is 12.4 Å². The van der Waals surface area contributed by atoms with Crippen LogP contribution in [0.5, 0.6) is 0 Å². The molecule has 1 aromatic heterocycles. The zero-order valence-corrected chi connectivity index (χ0v) is 14.8. The van der Waals surface area contributed by atoms with Crippen LogP contribution >= 0.6 is 0 Å². The van der Waals surface area contributed by atoms with Gasteiger partial charge in [-0.15, -0.1) is 0 Å². The Morgan fingerprint density at radius 1 is 1.24 bits per heavy atom. The standard InChI is InChI=1S/C14H21N3O12/c18-3-6(27-5-16-2-1-15-14(16)17(25)26)7(4-19)28-13-10(22)8(20)9(21)11(29-13)12(23)24/h1-2,6-11,13,18-22H,3-5H2,(H,23,24)/t6-,7+,8-,9-,10+,11-,13+/m0/s1. The van der Waals surface area contributed by atoms with Crippen molar-refractivity contribution in [1.29, 1.82) is 0 Å². The first kappa shape index (κ1) is 23.0. The third-order valence-corrected chi connectivity index (χ3v) is 4.18. The molecule has 0 bridgehead atoms. The second-order valence-electron chi connectivity index (χ2n) is 6.06. The number of carbonyl (C=O) groups is 1. The van der Waals surface area contributed by atoms with E-state index < -0.39 is 79.7 Å². The molecule has 15 heteroatoms. The van der Waals surface area contributed by atoms with Crippen molar-refractivity contribution in [2.45, 2.75) is 49.6 Å². The number of rotatable bonds is 10. The van der Waals surface area contributed by atoms with Crippen LogP contribution in [0.25, 0.3) is 0 Å². The second-order valence-corrected chi connectivity index (χ2v) is 6.06. The van der Waals surface area contributed by atoms with E-state index in [0.717, 1.165) is 10.8 Å². The first-order chi connectivity index (χ1) is 13.7. The normalized spacial score (nSPS) is 29.3. The van der Waals surface area contributed by atoms with Crippen LogP contribution in [0.3, 0.4) is 0 Å². The highest BCUT2D eigenvalue weighted by atomic mass is 16.7. The number of nitro groups is 1. The molecule has 6 N–H and O–H groups in total. The van der Waals surface area contributed by atoms with Gasteiger partial charge >= 0.3 is 11.9 Å². The van der Waals surface area contributed by atoms with Crippen molar-refractivity contribution in [3.8, 4) is 0 Å². The number of aromatic nitrogens is 2. The van der Waals surface area contributed by atoms with Gasteiger partial charge in [-0.3, -0.25) is 0 Å². The molecule has 1 aliphatic heterocycles. The number of imidazole rings is 1. The fourth-order valence-corrected chi connectivity index (χ4v) is 2.61. The van der Waals surface area contributed by atoms with Gasteiger partial charge in [0.2, 0.25) is 0 Å². The average molecular weight is 423 g/mol. The van der Waals surface area contributed by atoms with Gasteiger partial charge in [-0.05, 0) is 4.92 Å². The highest BCUT2D eigenvalue weighted by Crippen LogP contribution is 2.24. The van der Waals surface area contributed by atoms with Crippen molar-refractivity contribution in [1.82, 2.24) is 9.55 Å². The Bertz CT molecular complexity index is 699. The molecule has 0 spiro atoms. The molecule has 164 valence electrons. The van der Waals surface area contributed by atoms with Crippen molar-refractivity contribution < 1.29 is 54.6 Å². The van der Waals surface area contributed by atoms with Gasteiger partial charge in [-0.1, -0.05) is 4.98 Å². The van der Waals surface area contributed by atoms with Crippen LogP contribution in [-0.4, -0.2) is 107 Å². The number of carboxylic acid groups (broad SMARTS) is 1. The Balaban J connectivity index is 2.06. The van der Waals surface area contributed by atoms with Crippen molar-refractivity contribution in [2.75, 3.05) is 13.2 Å². The van der Waals surface area contributed by atoms with E-state index in [9.17, 15) is 40.4 Å². The Hall–Kier alpha value is -2.24. The average Bonchev–Trinajstić information content (AvgIpc) is 3.16. The molecular weight excluding hydrogens is 402 g/mol. The second kappa shape index (κ2) is 9.99. The maximum absolute atomic E-state index is 11.1. The summed E-state index contributed by atoms with van der Waals surface area (Å²) in [7, 11) is 0. The lowest BCUT2D eigenvalue weighted by Crippen LogP contribution is -2.61. The van der Waals surface area contributed by atoms with Crippen LogP contribution < -0.4 is 0 Å². The largest absolute Gasteiger partial charge is 0.479 e. The molecule has 0 saturated carbocycles. The lowest BCUT2D eigenvalue weighted by molar-refractivity contribution is -0.398. The highest BCUT2D eigenvalue weighted by molar-refractivity contribution is 5.73. The summed E-state index contributed by atoms with van der Waals surface area (Å²) >= 11 is 0. The van der Waals surface area contributed by atoms with E-state index in [1.54, 1.807) is 0 Å². The summed E-state index contributed by atoms with van der Waals surface area (Å²) in [5.74, 6) is -2.16. The summed E-state index contributed by atoms with van der Waals surface area (Å²) in [6.45, 7) is -1.97. The third kappa shape index (κ3) is 5.22. The van der Waals surface area contributed by atoms with Gasteiger partial charge < -0.3 is 55.0 Å². The molecule has 1 saturated heterocycles. The monoisotopic (exact) mass is 423 g/mol. The minimum atomic E-state index is -1.93. The van der Waals surface area contributed by atoms with Crippen molar-refractivity contribution in [3.05, 3.63) is 22.5 Å². The van der Waals surface area contributed by atoms with E-state index in [0.29, 0.717) is 0 Å². The minimum Gasteiger partial charge on any atom is -0.479 e. The van der Waals surface area contributed by atoms with E-state index in [1.807, 2.05) is 0 Å². The molecule has 2 heterocycles. The van der Waals surface area contributed by atoms with Crippen LogP contribution in [-0.2, 0) is 25.7 Å². The maximum atomic E-state index is 11.1. The predicted octanol–water partition coefficient (Wildman–Crippen LogP) is -3.60. The van der Waals surface area contributed by atoms with Gasteiger partial charge in [-0.25, -0.2) is 9.36 Å². The number of hydrogen-bond acceptors (Lipinski definition) is 12. The lowest BCUT2D eigenvalue weighted by atomic mass is 9.99. The van der Waals surface area contributed by atoms with E-state index in [1.165, 1.54) is 6.20 Å². The number of aliphatic carboxylic acids is 1. The summed E-state index contributed by atoms with van der Waals surface area (Å²) in [4.78, 5) is 24.7. The first-order valence-electron chi connectivity index (χ1n) is 8.28. The molecule has 0 radical (unpaired) electrons. The quantitative estimate of drug-likeness (QED) is 0.158. The fraction of sp³-hybridized carbons (Fsp3) is 0.714. The number of nitrogens with zero attached hydrogens (tertiary/aromatic N) is 3. The van der Waals surface area contributed by atoms with Crippen LogP contribution in [0.4, 0.5) is 5.95 Å². The van der Waals surface area contributed by atoms with Crippen molar-refractivity contribution >= 4 is 11.9 Å². The predicted molar refractivity (Wildman–Crippen MR) is 87.1 cm³/mol. The summed E-state index contributed by atoms with van der Waals surface area (Å²) in [5.41, 5.74) is 0. The Morgan fingerprint density at radius 3 is 2.45 bits per heavy atom. The molecule has 15 nitrogen and oxygen atoms in total. The molecule has 0 aliphatic carbocycles. The lowest BCUT2D eigenvalue weighted by Gasteiger charge is -2.40. The van der Waals surface area contributed by atoms with Gasteiger partial charge in [0, 0.05) is 0 Å². The number of hydrogen-bond donors (Lipinski definition) is 6. The first-order valence-corrected chi connectivity index (χ1v) is 8.28. The summed E-state index contributed by atoms with van der Waals surface area (Å²) in [5, 5.41) is 68.3. The highest BCUT2D eigenvalue weighted by Gasteiger charge is 2.48. The number of carboxylic acids is 1. The molecule has 2 rings (SSSR count). The number of aliphatic hydroxyl groups excluding tert-OH is 5. The molecule has 29 heavy (non-hydrogen) atoms. The van der Waals surface area contributed by atoms with Gasteiger partial charge in [-0.2, -0.15) is 0 Å². The van der Waals surface area contributed by atoms with Crippen molar-refractivity contribution in [2.24, 2.45) is 0 Å². The number of ether oxygens (including phenoxy) is 3. The third-order valence-electron chi connectivity index (χ3n) is 4.18. The zero-order chi connectivity index (χ0) is 21.7. The van der Waals surface area contributed by atoms with Crippen molar-refractivity contribution in [3.63, 3.8) is 0 Å². The Labute approximate surface area is 162 Å². The molecule has 0 aromatic carbocycles. The van der Waals surface area contributed by atoms with E-state index in [4.69, 9.17) is 19.3 Å².